The van der Waals surface area contributed by atoms with Gasteiger partial charge in [-0.3, -0.25) is 0 Å². The summed E-state index contributed by atoms with van der Waals surface area (Å²) in [4.78, 5) is 17.1. The number of rotatable bonds is 3. The summed E-state index contributed by atoms with van der Waals surface area (Å²) < 4.78 is 5.35. The van der Waals surface area contributed by atoms with Crippen LogP contribution in [0, 0.1) is 5.92 Å². The van der Waals surface area contributed by atoms with Crippen LogP contribution in [0.4, 0.5) is 10.5 Å². The molecule has 2 aliphatic heterocycles. The Kier molecular flexibility index (Phi) is 4.87. The van der Waals surface area contributed by atoms with Crippen molar-refractivity contribution in [2.75, 3.05) is 39.1 Å². The number of hydrogen-bond acceptors (Lipinski definition) is 3. The molecule has 126 valence electrons. The standard InChI is InChI=1S/C18H27N3O2/c1-13(23-3)14-5-4-6-16(11-14)19-18(22)21-10-7-15-12-20(2)9-8-17(15)21/h4-6,11,13,15,17H,7-10,12H2,1-3H3,(H,19,22)/t13-,15-,17-/m1/s1. The highest BCUT2D eigenvalue weighted by Crippen LogP contribution is 2.31. The maximum atomic E-state index is 12.7. The molecule has 5 heteroatoms. The third-order valence-electron chi connectivity index (χ3n) is 5.26. The van der Waals surface area contributed by atoms with Crippen LogP contribution in [-0.4, -0.2) is 55.7 Å². The SMILES string of the molecule is CO[C@H](C)c1cccc(NC(=O)N2CC[C@@H]3CN(C)CC[C@H]32)c1. The van der Waals surface area contributed by atoms with Crippen LogP contribution in [0.3, 0.4) is 0 Å². The van der Waals surface area contributed by atoms with Crippen LogP contribution in [-0.2, 0) is 4.74 Å². The van der Waals surface area contributed by atoms with Crippen LogP contribution in [0.2, 0.25) is 0 Å². The van der Waals surface area contributed by atoms with Crippen molar-refractivity contribution in [3.8, 4) is 0 Å². The van der Waals surface area contributed by atoms with E-state index in [9.17, 15) is 4.79 Å². The van der Waals surface area contributed by atoms with Gasteiger partial charge in [0, 0.05) is 31.9 Å². The van der Waals surface area contributed by atoms with E-state index in [4.69, 9.17) is 4.74 Å². The van der Waals surface area contributed by atoms with Gasteiger partial charge < -0.3 is 19.9 Å². The molecule has 0 radical (unpaired) electrons. The zero-order valence-corrected chi connectivity index (χ0v) is 14.3. The molecule has 1 aromatic carbocycles. The largest absolute Gasteiger partial charge is 0.377 e. The highest BCUT2D eigenvalue weighted by molar-refractivity contribution is 5.89. The number of ether oxygens (including phenoxy) is 1. The van der Waals surface area contributed by atoms with Crippen molar-refractivity contribution >= 4 is 11.7 Å². The smallest absolute Gasteiger partial charge is 0.322 e. The molecule has 2 heterocycles. The highest BCUT2D eigenvalue weighted by Gasteiger charge is 2.39. The van der Waals surface area contributed by atoms with E-state index in [1.165, 1.54) is 0 Å². The molecule has 0 saturated carbocycles. The number of carbonyl (C=O) groups excluding carboxylic acids is 1. The Balaban J connectivity index is 1.65. The first kappa shape index (κ1) is 16.3. The average Bonchev–Trinajstić information content (AvgIpc) is 2.97. The van der Waals surface area contributed by atoms with Gasteiger partial charge in [0.1, 0.15) is 0 Å². The lowest BCUT2D eigenvalue weighted by atomic mass is 9.93. The summed E-state index contributed by atoms with van der Waals surface area (Å²) in [6, 6.07) is 8.34. The van der Waals surface area contributed by atoms with Crippen molar-refractivity contribution < 1.29 is 9.53 Å². The van der Waals surface area contributed by atoms with Crippen molar-refractivity contribution in [1.29, 1.82) is 0 Å². The number of fused-ring (bicyclic) bond motifs is 1. The molecule has 2 aliphatic rings. The molecule has 3 rings (SSSR count). The van der Waals surface area contributed by atoms with Crippen LogP contribution in [0.15, 0.2) is 24.3 Å². The van der Waals surface area contributed by atoms with Gasteiger partial charge in [-0.2, -0.15) is 0 Å². The van der Waals surface area contributed by atoms with Crippen molar-refractivity contribution in [2.45, 2.75) is 31.9 Å². The predicted molar refractivity (Wildman–Crippen MR) is 91.6 cm³/mol. The van der Waals surface area contributed by atoms with Gasteiger partial charge in [-0.05, 0) is 57.0 Å². The molecule has 3 atom stereocenters. The molecular formula is C18H27N3O2. The highest BCUT2D eigenvalue weighted by atomic mass is 16.5. The summed E-state index contributed by atoms with van der Waals surface area (Å²) in [5.41, 5.74) is 1.91. The van der Waals surface area contributed by atoms with Crippen LogP contribution in [0.1, 0.15) is 31.4 Å². The third kappa shape index (κ3) is 3.51. The minimum Gasteiger partial charge on any atom is -0.377 e. The molecule has 2 fully saturated rings. The van der Waals surface area contributed by atoms with Gasteiger partial charge in [-0.15, -0.1) is 0 Å². The van der Waals surface area contributed by atoms with Crippen molar-refractivity contribution in [3.63, 3.8) is 0 Å². The van der Waals surface area contributed by atoms with Gasteiger partial charge in [0.15, 0.2) is 0 Å². The second kappa shape index (κ2) is 6.89. The number of nitrogens with one attached hydrogen (secondary N) is 1. The number of benzene rings is 1. The number of hydrogen-bond donors (Lipinski definition) is 1. The molecule has 5 nitrogen and oxygen atoms in total. The number of anilines is 1. The lowest BCUT2D eigenvalue weighted by Crippen LogP contribution is -2.47. The Labute approximate surface area is 138 Å². The number of carbonyl (C=O) groups is 1. The summed E-state index contributed by atoms with van der Waals surface area (Å²) in [6.07, 6.45) is 2.22. The first-order valence-electron chi connectivity index (χ1n) is 8.47. The molecule has 1 aromatic rings. The van der Waals surface area contributed by atoms with Gasteiger partial charge >= 0.3 is 6.03 Å². The van der Waals surface area contributed by atoms with E-state index in [0.29, 0.717) is 12.0 Å². The minimum absolute atomic E-state index is 0.0249. The zero-order valence-electron chi connectivity index (χ0n) is 14.3. The van der Waals surface area contributed by atoms with Crippen LogP contribution >= 0.6 is 0 Å². The molecule has 0 spiro atoms. The fourth-order valence-electron chi connectivity index (χ4n) is 3.82. The Morgan fingerprint density at radius 2 is 2.17 bits per heavy atom. The van der Waals surface area contributed by atoms with E-state index in [1.54, 1.807) is 7.11 Å². The predicted octanol–water partition coefficient (Wildman–Crippen LogP) is 2.95. The lowest BCUT2D eigenvalue weighted by molar-refractivity contribution is 0.119. The molecule has 0 bridgehead atoms. The second-order valence-corrected chi connectivity index (χ2v) is 6.79. The van der Waals surface area contributed by atoms with E-state index in [2.05, 4.69) is 17.3 Å². The number of piperidine rings is 1. The summed E-state index contributed by atoms with van der Waals surface area (Å²) in [5.74, 6) is 0.624. The van der Waals surface area contributed by atoms with Gasteiger partial charge in [-0.1, -0.05) is 12.1 Å². The second-order valence-electron chi connectivity index (χ2n) is 6.79. The number of methoxy groups -OCH3 is 1. The van der Waals surface area contributed by atoms with E-state index in [1.807, 2.05) is 36.1 Å². The summed E-state index contributed by atoms with van der Waals surface area (Å²) in [7, 11) is 3.86. The fraction of sp³-hybridized carbons (Fsp3) is 0.611. The first-order chi connectivity index (χ1) is 11.1. The van der Waals surface area contributed by atoms with Gasteiger partial charge in [0.25, 0.3) is 0 Å². The Morgan fingerprint density at radius 1 is 1.35 bits per heavy atom. The Hall–Kier alpha value is -1.59. The van der Waals surface area contributed by atoms with E-state index in [0.717, 1.165) is 43.7 Å². The quantitative estimate of drug-likeness (QED) is 0.932. The number of urea groups is 1. The first-order valence-corrected chi connectivity index (χ1v) is 8.47. The molecular weight excluding hydrogens is 290 g/mol. The van der Waals surface area contributed by atoms with Gasteiger partial charge in [0.05, 0.1) is 6.10 Å². The lowest BCUT2D eigenvalue weighted by Gasteiger charge is -2.36. The van der Waals surface area contributed by atoms with Crippen molar-refractivity contribution in [1.82, 2.24) is 9.80 Å². The summed E-state index contributed by atoms with van der Waals surface area (Å²) in [6.45, 7) is 5.05. The molecule has 0 unspecified atom stereocenters. The topological polar surface area (TPSA) is 44.8 Å². The summed E-state index contributed by atoms with van der Waals surface area (Å²) >= 11 is 0. The molecule has 0 aromatic heterocycles. The van der Waals surface area contributed by atoms with E-state index < -0.39 is 0 Å². The maximum Gasteiger partial charge on any atom is 0.322 e. The Bertz CT molecular complexity index is 563. The summed E-state index contributed by atoms with van der Waals surface area (Å²) in [5, 5.41) is 3.07. The Morgan fingerprint density at radius 3 is 2.96 bits per heavy atom. The van der Waals surface area contributed by atoms with Crippen LogP contribution in [0.25, 0.3) is 0 Å². The third-order valence-corrected chi connectivity index (χ3v) is 5.26. The molecule has 0 aliphatic carbocycles. The van der Waals surface area contributed by atoms with Gasteiger partial charge in [-0.25, -0.2) is 4.79 Å². The van der Waals surface area contributed by atoms with Crippen LogP contribution < -0.4 is 5.32 Å². The molecule has 23 heavy (non-hydrogen) atoms. The maximum absolute atomic E-state index is 12.7. The average molecular weight is 317 g/mol. The number of nitrogens with zero attached hydrogens (tertiary/aromatic N) is 2. The van der Waals surface area contributed by atoms with Crippen LogP contribution in [0.5, 0.6) is 0 Å². The van der Waals surface area contributed by atoms with Crippen molar-refractivity contribution in [3.05, 3.63) is 29.8 Å². The fourth-order valence-corrected chi connectivity index (χ4v) is 3.82. The number of amides is 2. The normalized spacial score (nSPS) is 26.0. The molecule has 2 amide bonds. The molecule has 2 saturated heterocycles. The van der Waals surface area contributed by atoms with E-state index >= 15 is 0 Å². The monoisotopic (exact) mass is 317 g/mol. The molecule has 1 N–H and O–H groups in total. The number of likely N-dealkylation sites (tertiary alicyclic amines) is 2. The van der Waals surface area contributed by atoms with E-state index in [-0.39, 0.29) is 12.1 Å². The van der Waals surface area contributed by atoms with Crippen molar-refractivity contribution in [2.24, 2.45) is 5.92 Å². The van der Waals surface area contributed by atoms with Gasteiger partial charge in [0.2, 0.25) is 0 Å². The zero-order chi connectivity index (χ0) is 16.4. The minimum atomic E-state index is 0.0249.